The number of nitriles is 3. The van der Waals surface area contributed by atoms with Crippen LogP contribution in [0.25, 0.3) is 0 Å². The number of allylic oxidation sites excluding steroid dienone is 2. The summed E-state index contributed by atoms with van der Waals surface area (Å²) in [4.78, 5) is 13.1. The summed E-state index contributed by atoms with van der Waals surface area (Å²) in [6.07, 6.45) is 1.85. The molecule has 0 spiro atoms. The largest absolute Gasteiger partial charge is 0.399 e. The van der Waals surface area contributed by atoms with Gasteiger partial charge in [-0.15, -0.1) is 0 Å². The van der Waals surface area contributed by atoms with Crippen LogP contribution in [0.3, 0.4) is 0 Å². The number of nitrogens with zero attached hydrogens (tertiary/aromatic N) is 5. The van der Waals surface area contributed by atoms with Crippen molar-refractivity contribution >= 4 is 5.69 Å². The highest BCUT2D eigenvalue weighted by atomic mass is 16.6. The highest BCUT2D eigenvalue weighted by Crippen LogP contribution is 2.55. The first-order valence-electron chi connectivity index (χ1n) is 8.26. The van der Waals surface area contributed by atoms with Crippen molar-refractivity contribution in [3.63, 3.8) is 0 Å². The summed E-state index contributed by atoms with van der Waals surface area (Å²) >= 11 is 0. The van der Waals surface area contributed by atoms with Crippen molar-refractivity contribution in [3.8, 4) is 18.2 Å². The van der Waals surface area contributed by atoms with Gasteiger partial charge in [0.05, 0.1) is 28.3 Å². The van der Waals surface area contributed by atoms with Gasteiger partial charge in [0.15, 0.2) is 5.41 Å². The van der Waals surface area contributed by atoms with Crippen LogP contribution in [0.4, 0.5) is 5.69 Å². The number of nitro groups is 1. The predicted molar refractivity (Wildman–Crippen MR) is 95.4 cm³/mol. The average Bonchev–Trinajstić information content (AvgIpc) is 2.67. The first-order valence-corrected chi connectivity index (χ1v) is 8.26. The Bertz CT molecular complexity index is 990. The topological polar surface area (TPSA) is 144 Å². The second-order valence-corrected chi connectivity index (χ2v) is 6.71. The molecule has 8 heteroatoms. The van der Waals surface area contributed by atoms with E-state index >= 15 is 0 Å². The molecule has 3 rings (SSSR count). The van der Waals surface area contributed by atoms with Crippen LogP contribution < -0.4 is 5.73 Å². The molecule has 2 aliphatic rings. The Balaban J connectivity index is 2.40. The van der Waals surface area contributed by atoms with Crippen LogP contribution in [0.15, 0.2) is 47.2 Å². The number of benzene rings is 1. The summed E-state index contributed by atoms with van der Waals surface area (Å²) in [5.74, 6) is -1.30. The lowest BCUT2D eigenvalue weighted by atomic mass is 9.58. The number of para-hydroxylation sites is 1. The van der Waals surface area contributed by atoms with E-state index in [1.165, 1.54) is 12.1 Å². The van der Waals surface area contributed by atoms with E-state index < -0.39 is 22.2 Å². The van der Waals surface area contributed by atoms with Crippen LogP contribution >= 0.6 is 0 Å². The van der Waals surface area contributed by atoms with Gasteiger partial charge in [-0.2, -0.15) is 15.8 Å². The Morgan fingerprint density at radius 1 is 1.30 bits per heavy atom. The van der Waals surface area contributed by atoms with Crippen LogP contribution in [0, 0.1) is 55.4 Å². The molecule has 0 amide bonds. The molecule has 1 aliphatic heterocycles. The summed E-state index contributed by atoms with van der Waals surface area (Å²) in [6, 6.07) is 12.1. The number of nitrogens with two attached hydrogens (primary N) is 1. The number of fused-ring (bicyclic) bond motifs is 1. The van der Waals surface area contributed by atoms with Gasteiger partial charge in [-0.25, -0.2) is 0 Å². The fourth-order valence-electron chi connectivity index (χ4n) is 4.08. The minimum atomic E-state index is -1.86. The van der Waals surface area contributed by atoms with Crippen LogP contribution in [-0.2, 0) is 0 Å². The molecule has 1 aromatic carbocycles. The van der Waals surface area contributed by atoms with E-state index in [1.807, 2.05) is 36.2 Å². The van der Waals surface area contributed by atoms with Crippen molar-refractivity contribution in [1.82, 2.24) is 4.90 Å². The second kappa shape index (κ2) is 6.57. The smallest absolute Gasteiger partial charge is 0.272 e. The average molecular weight is 360 g/mol. The van der Waals surface area contributed by atoms with Crippen molar-refractivity contribution < 1.29 is 4.92 Å². The standard InChI is InChI=1S/C19H16N6O2/c1-24-7-6-12-14(8-20)18(23)19(10-21,11-22)17(15(12)9-24)13-4-2-3-5-16(13)25(26)27/h2-6,15,17H,7,9,23H2,1H3/t15-,17-/m1/s1. The third-order valence-electron chi connectivity index (χ3n) is 5.32. The first-order chi connectivity index (χ1) is 12.9. The maximum absolute atomic E-state index is 11.6. The highest BCUT2D eigenvalue weighted by Gasteiger charge is 2.55. The molecule has 1 aromatic rings. The van der Waals surface area contributed by atoms with Crippen LogP contribution in [-0.4, -0.2) is 30.0 Å². The number of likely N-dealkylation sites (N-methyl/N-ethyl adjacent to an activating group) is 1. The summed E-state index contributed by atoms with van der Waals surface area (Å²) in [5.41, 5.74) is 5.06. The lowest BCUT2D eigenvalue weighted by Crippen LogP contribution is -2.47. The van der Waals surface area contributed by atoms with Crippen molar-refractivity contribution in [2.45, 2.75) is 5.92 Å². The second-order valence-electron chi connectivity index (χ2n) is 6.71. The van der Waals surface area contributed by atoms with E-state index in [0.717, 1.165) is 0 Å². The molecule has 0 saturated carbocycles. The lowest BCUT2D eigenvalue weighted by molar-refractivity contribution is -0.385. The number of hydrogen-bond donors (Lipinski definition) is 1. The van der Waals surface area contributed by atoms with Gasteiger partial charge in [0, 0.05) is 36.6 Å². The maximum Gasteiger partial charge on any atom is 0.272 e. The van der Waals surface area contributed by atoms with Gasteiger partial charge < -0.3 is 10.6 Å². The zero-order valence-electron chi connectivity index (χ0n) is 14.6. The van der Waals surface area contributed by atoms with Crippen molar-refractivity contribution in [2.75, 3.05) is 20.1 Å². The van der Waals surface area contributed by atoms with E-state index in [-0.39, 0.29) is 22.5 Å². The Labute approximate surface area is 156 Å². The van der Waals surface area contributed by atoms with Gasteiger partial charge >= 0.3 is 0 Å². The maximum atomic E-state index is 11.6. The van der Waals surface area contributed by atoms with Crippen LogP contribution in [0.2, 0.25) is 0 Å². The van der Waals surface area contributed by atoms with E-state index in [2.05, 4.69) is 0 Å². The summed E-state index contributed by atoms with van der Waals surface area (Å²) in [5, 5.41) is 41.1. The molecule has 0 unspecified atom stereocenters. The summed E-state index contributed by atoms with van der Waals surface area (Å²) in [7, 11) is 1.87. The van der Waals surface area contributed by atoms with Gasteiger partial charge in [-0.1, -0.05) is 24.3 Å². The molecule has 2 atom stereocenters. The molecule has 2 N–H and O–H groups in total. The molecular formula is C19H16N6O2. The number of nitro benzene ring substituents is 1. The summed E-state index contributed by atoms with van der Waals surface area (Å²) in [6.45, 7) is 1.03. The molecule has 0 fully saturated rings. The monoisotopic (exact) mass is 360 g/mol. The summed E-state index contributed by atoms with van der Waals surface area (Å²) < 4.78 is 0. The fourth-order valence-corrected chi connectivity index (χ4v) is 4.08. The molecule has 8 nitrogen and oxygen atoms in total. The van der Waals surface area contributed by atoms with Gasteiger partial charge in [0.2, 0.25) is 0 Å². The van der Waals surface area contributed by atoms with Gasteiger partial charge in [-0.3, -0.25) is 10.1 Å². The van der Waals surface area contributed by atoms with Crippen LogP contribution in [0.1, 0.15) is 11.5 Å². The SMILES string of the molecule is CN1CC=C2C(C#N)=C(N)C(C#N)(C#N)[C@H](c3ccccc3[N+](=O)[O-])[C@@H]2C1. The third-order valence-corrected chi connectivity index (χ3v) is 5.32. The fraction of sp³-hybridized carbons (Fsp3) is 0.316. The molecule has 0 bridgehead atoms. The van der Waals surface area contributed by atoms with E-state index in [1.54, 1.807) is 12.1 Å². The molecule has 0 saturated heterocycles. The first kappa shape index (κ1) is 18.1. The third kappa shape index (κ3) is 2.54. The van der Waals surface area contributed by atoms with Gasteiger partial charge in [0.25, 0.3) is 5.69 Å². The van der Waals surface area contributed by atoms with E-state index in [4.69, 9.17) is 5.73 Å². The van der Waals surface area contributed by atoms with E-state index in [9.17, 15) is 25.9 Å². The predicted octanol–water partition coefficient (Wildman–Crippen LogP) is 1.95. The lowest BCUT2D eigenvalue weighted by Gasteiger charge is -2.44. The highest BCUT2D eigenvalue weighted by molar-refractivity contribution is 5.61. The molecule has 1 aliphatic carbocycles. The zero-order valence-corrected chi connectivity index (χ0v) is 14.6. The minimum absolute atomic E-state index is 0.131. The molecular weight excluding hydrogens is 344 g/mol. The van der Waals surface area contributed by atoms with Gasteiger partial charge in [-0.05, 0) is 12.6 Å². The Morgan fingerprint density at radius 2 is 1.96 bits per heavy atom. The van der Waals surface area contributed by atoms with Crippen molar-refractivity contribution in [3.05, 3.63) is 62.9 Å². The normalized spacial score (nSPS) is 24.0. The van der Waals surface area contributed by atoms with Crippen molar-refractivity contribution in [2.24, 2.45) is 17.1 Å². The quantitative estimate of drug-likeness (QED) is 0.627. The van der Waals surface area contributed by atoms with Crippen molar-refractivity contribution in [1.29, 1.82) is 15.8 Å². The molecule has 27 heavy (non-hydrogen) atoms. The molecule has 1 heterocycles. The number of rotatable bonds is 2. The Hall–Kier alpha value is -3.67. The molecule has 0 radical (unpaired) electrons. The number of hydrogen-bond acceptors (Lipinski definition) is 7. The Kier molecular flexibility index (Phi) is 4.41. The molecule has 134 valence electrons. The van der Waals surface area contributed by atoms with Crippen LogP contribution in [0.5, 0.6) is 0 Å². The van der Waals surface area contributed by atoms with E-state index in [0.29, 0.717) is 18.7 Å². The molecule has 0 aromatic heterocycles. The van der Waals surface area contributed by atoms with Gasteiger partial charge in [0.1, 0.15) is 6.07 Å². The zero-order chi connectivity index (χ0) is 19.8. The minimum Gasteiger partial charge on any atom is -0.399 e. The Morgan fingerprint density at radius 3 is 2.56 bits per heavy atom.